The summed E-state index contributed by atoms with van der Waals surface area (Å²) in [5.41, 5.74) is 2.03. The van der Waals surface area contributed by atoms with Crippen LogP contribution in [0, 0.1) is 18.6 Å². The molecule has 0 fully saturated rings. The van der Waals surface area contributed by atoms with Crippen molar-refractivity contribution in [2.24, 2.45) is 0 Å². The number of benzene rings is 1. The molecule has 0 radical (unpaired) electrons. The number of anilines is 1. The number of nitrogens with zero attached hydrogens (tertiary/aromatic N) is 2. The second-order valence-corrected chi connectivity index (χ2v) is 5.91. The van der Waals surface area contributed by atoms with Gasteiger partial charge >= 0.3 is 0 Å². The highest BCUT2D eigenvalue weighted by atomic mass is 79.9. The Hall–Kier alpha value is -0.950. The first-order chi connectivity index (χ1) is 9.43. The first kappa shape index (κ1) is 15.4. The van der Waals surface area contributed by atoms with Crippen LogP contribution in [-0.4, -0.2) is 9.78 Å². The van der Waals surface area contributed by atoms with Crippen molar-refractivity contribution in [3.05, 3.63) is 44.1 Å². The summed E-state index contributed by atoms with van der Waals surface area (Å²) in [5.74, 6) is -1.25. The van der Waals surface area contributed by atoms with Gasteiger partial charge in [0.25, 0.3) is 0 Å². The first-order valence-electron chi connectivity index (χ1n) is 6.04. The maximum atomic E-state index is 13.7. The Balaban J connectivity index is 2.26. The van der Waals surface area contributed by atoms with Crippen molar-refractivity contribution in [3.63, 3.8) is 0 Å². The van der Waals surface area contributed by atoms with Crippen LogP contribution in [0.5, 0.6) is 0 Å². The van der Waals surface area contributed by atoms with E-state index in [2.05, 4.69) is 42.3 Å². The summed E-state index contributed by atoms with van der Waals surface area (Å²) in [6, 6.07) is 2.08. The third-order valence-corrected chi connectivity index (χ3v) is 4.55. The van der Waals surface area contributed by atoms with Crippen molar-refractivity contribution in [2.45, 2.75) is 26.9 Å². The van der Waals surface area contributed by atoms with Gasteiger partial charge in [-0.25, -0.2) is 8.78 Å². The lowest BCUT2D eigenvalue weighted by atomic mass is 10.3. The van der Waals surface area contributed by atoms with Gasteiger partial charge in [0.1, 0.15) is 11.6 Å². The molecule has 0 saturated carbocycles. The van der Waals surface area contributed by atoms with E-state index in [1.807, 2.05) is 18.5 Å². The summed E-state index contributed by atoms with van der Waals surface area (Å²) >= 11 is 6.63. The number of hydrogen-bond acceptors (Lipinski definition) is 2. The fraction of sp³-hybridized carbons (Fsp3) is 0.308. The molecule has 0 unspecified atom stereocenters. The van der Waals surface area contributed by atoms with E-state index >= 15 is 0 Å². The number of aryl methyl sites for hydroxylation is 2. The second kappa shape index (κ2) is 6.22. The molecule has 20 heavy (non-hydrogen) atoms. The lowest BCUT2D eigenvalue weighted by molar-refractivity contribution is 0.582. The second-order valence-electron chi connectivity index (χ2n) is 4.26. The lowest BCUT2D eigenvalue weighted by Crippen LogP contribution is -2.09. The Morgan fingerprint density at radius 3 is 2.60 bits per heavy atom. The van der Waals surface area contributed by atoms with E-state index in [-0.39, 0.29) is 5.69 Å². The summed E-state index contributed by atoms with van der Waals surface area (Å²) < 4.78 is 29.9. The summed E-state index contributed by atoms with van der Waals surface area (Å²) in [6.45, 7) is 4.98. The number of hydrogen-bond donors (Lipinski definition) is 1. The molecule has 0 bridgehead atoms. The number of aromatic nitrogens is 2. The topological polar surface area (TPSA) is 29.9 Å². The van der Waals surface area contributed by atoms with Gasteiger partial charge in [-0.3, -0.25) is 4.68 Å². The molecule has 0 saturated heterocycles. The van der Waals surface area contributed by atoms with Crippen molar-refractivity contribution in [2.75, 3.05) is 5.32 Å². The van der Waals surface area contributed by atoms with Crippen LogP contribution in [0.1, 0.15) is 18.3 Å². The summed E-state index contributed by atoms with van der Waals surface area (Å²) in [5, 5.41) is 7.34. The minimum Gasteiger partial charge on any atom is -0.376 e. The zero-order valence-corrected chi connectivity index (χ0v) is 14.1. The Labute approximate surface area is 132 Å². The van der Waals surface area contributed by atoms with Gasteiger partial charge in [-0.1, -0.05) is 0 Å². The fourth-order valence-corrected chi connectivity index (χ4v) is 2.89. The molecule has 2 aromatic rings. The highest BCUT2D eigenvalue weighted by Crippen LogP contribution is 2.28. The zero-order chi connectivity index (χ0) is 14.9. The predicted molar refractivity (Wildman–Crippen MR) is 81.7 cm³/mol. The molecule has 1 aromatic heterocycles. The zero-order valence-electron chi connectivity index (χ0n) is 11.0. The van der Waals surface area contributed by atoms with Crippen LogP contribution in [0.2, 0.25) is 0 Å². The van der Waals surface area contributed by atoms with Gasteiger partial charge in [0, 0.05) is 17.1 Å². The third kappa shape index (κ3) is 3.03. The van der Waals surface area contributed by atoms with Gasteiger partial charge in [0.2, 0.25) is 0 Å². The van der Waals surface area contributed by atoms with Gasteiger partial charge in [0.15, 0.2) is 0 Å². The van der Waals surface area contributed by atoms with E-state index in [0.29, 0.717) is 11.0 Å². The Morgan fingerprint density at radius 1 is 1.30 bits per heavy atom. The van der Waals surface area contributed by atoms with E-state index in [1.54, 1.807) is 0 Å². The molecule has 0 amide bonds. The van der Waals surface area contributed by atoms with E-state index in [1.165, 1.54) is 6.07 Å². The number of rotatable bonds is 4. The van der Waals surface area contributed by atoms with Crippen molar-refractivity contribution < 1.29 is 8.78 Å². The molecule has 0 aliphatic carbocycles. The fourth-order valence-electron chi connectivity index (χ4n) is 1.92. The van der Waals surface area contributed by atoms with Gasteiger partial charge in [-0.05, 0) is 51.8 Å². The van der Waals surface area contributed by atoms with E-state index in [4.69, 9.17) is 0 Å². The molecule has 3 nitrogen and oxygen atoms in total. The van der Waals surface area contributed by atoms with Crippen molar-refractivity contribution in [1.29, 1.82) is 0 Å². The highest BCUT2D eigenvalue weighted by molar-refractivity contribution is 9.11. The van der Waals surface area contributed by atoms with Crippen molar-refractivity contribution >= 4 is 37.5 Å². The monoisotopic (exact) mass is 407 g/mol. The number of nitrogens with one attached hydrogen (secondary N) is 1. The number of halogens is 4. The molecule has 1 heterocycles. The van der Waals surface area contributed by atoms with Crippen LogP contribution >= 0.6 is 31.9 Å². The molecule has 0 spiro atoms. The van der Waals surface area contributed by atoms with Crippen molar-refractivity contribution in [3.8, 4) is 0 Å². The maximum Gasteiger partial charge on any atom is 0.150 e. The van der Waals surface area contributed by atoms with Gasteiger partial charge in [-0.15, -0.1) is 0 Å². The minimum atomic E-state index is -0.632. The molecule has 7 heteroatoms. The first-order valence-corrected chi connectivity index (χ1v) is 7.62. The highest BCUT2D eigenvalue weighted by Gasteiger charge is 2.14. The van der Waals surface area contributed by atoms with Crippen LogP contribution in [0.4, 0.5) is 14.5 Å². The minimum absolute atomic E-state index is 0.236. The van der Waals surface area contributed by atoms with E-state index in [0.717, 1.165) is 28.5 Å². The molecule has 1 N–H and O–H groups in total. The molecule has 2 rings (SSSR count). The predicted octanol–water partition coefficient (Wildman–Crippen LogP) is 4.63. The summed E-state index contributed by atoms with van der Waals surface area (Å²) in [4.78, 5) is 0. The van der Waals surface area contributed by atoms with Crippen LogP contribution in [0.25, 0.3) is 0 Å². The molecule has 0 aliphatic rings. The largest absolute Gasteiger partial charge is 0.376 e. The Morgan fingerprint density at radius 2 is 2.00 bits per heavy atom. The molecule has 0 atom stereocenters. The summed E-state index contributed by atoms with van der Waals surface area (Å²) in [7, 11) is 0. The van der Waals surface area contributed by atoms with Gasteiger partial charge in [0.05, 0.1) is 28.1 Å². The average molecular weight is 409 g/mol. The summed E-state index contributed by atoms with van der Waals surface area (Å²) in [6.07, 6.45) is 0. The maximum absolute atomic E-state index is 13.7. The SMILES string of the molecule is CCn1nc(C)c(Br)c1CNc1c(F)cc(F)cc1Br. The van der Waals surface area contributed by atoms with E-state index in [9.17, 15) is 8.78 Å². The van der Waals surface area contributed by atoms with Crippen LogP contribution in [-0.2, 0) is 13.1 Å². The average Bonchev–Trinajstić information content (AvgIpc) is 2.64. The Bertz CT molecular complexity index is 618. The Kier molecular flexibility index (Phi) is 4.80. The van der Waals surface area contributed by atoms with Crippen LogP contribution in [0.15, 0.2) is 21.1 Å². The van der Waals surface area contributed by atoms with Crippen LogP contribution in [0.3, 0.4) is 0 Å². The van der Waals surface area contributed by atoms with Gasteiger partial charge < -0.3 is 5.32 Å². The molecule has 1 aromatic carbocycles. The lowest BCUT2D eigenvalue weighted by Gasteiger charge is -2.11. The van der Waals surface area contributed by atoms with Crippen molar-refractivity contribution in [1.82, 2.24) is 9.78 Å². The van der Waals surface area contributed by atoms with Gasteiger partial charge in [-0.2, -0.15) is 5.10 Å². The third-order valence-electron chi connectivity index (χ3n) is 2.89. The standard InChI is InChI=1S/C13H13Br2F2N3/c1-3-20-11(12(15)7(2)19-20)6-18-13-9(14)4-8(16)5-10(13)17/h4-5,18H,3,6H2,1-2H3. The molecule has 108 valence electrons. The molecular weight excluding hydrogens is 396 g/mol. The smallest absolute Gasteiger partial charge is 0.150 e. The molecule has 0 aliphatic heterocycles. The molecular formula is C13H13Br2F2N3. The quantitative estimate of drug-likeness (QED) is 0.799. The van der Waals surface area contributed by atoms with Crippen LogP contribution < -0.4 is 5.32 Å². The van der Waals surface area contributed by atoms with E-state index < -0.39 is 11.6 Å². The normalized spacial score (nSPS) is 10.9.